The summed E-state index contributed by atoms with van der Waals surface area (Å²) >= 11 is 3.01. The standard InChI is InChI=1S/C27H36FN5O2S2/c1-26(28)7-10-33(18-26)22-15-19(3-4-23(22)36-2)30-25(35)20-17-29-24(31-37-14-13-34)16-21(20)32-11-8-27(5-6-27)9-12-32/h3-4,15-17,34H,5-14,18H2,1-2H3,(H,29,31)(H,30,35). The molecule has 0 bridgehead atoms. The maximum Gasteiger partial charge on any atom is 0.259 e. The lowest BCUT2D eigenvalue weighted by atomic mass is 9.93. The maximum atomic E-state index is 14.6. The first-order valence-corrected chi connectivity index (χ1v) is 15.2. The topological polar surface area (TPSA) is 80.7 Å². The van der Waals surface area contributed by atoms with Gasteiger partial charge >= 0.3 is 0 Å². The molecule has 2 aromatic rings. The quantitative estimate of drug-likeness (QED) is 0.219. The number of anilines is 4. The van der Waals surface area contributed by atoms with E-state index in [4.69, 9.17) is 5.11 Å². The summed E-state index contributed by atoms with van der Waals surface area (Å²) in [6, 6.07) is 7.80. The molecule has 1 spiro atoms. The summed E-state index contributed by atoms with van der Waals surface area (Å²) in [6.45, 7) is 4.60. The van der Waals surface area contributed by atoms with Crippen molar-refractivity contribution in [1.29, 1.82) is 0 Å². The number of halogens is 1. The van der Waals surface area contributed by atoms with Gasteiger partial charge in [-0.05, 0) is 74.4 Å². The molecule has 0 radical (unpaired) electrons. The molecule has 3 N–H and O–H groups in total. The zero-order chi connectivity index (χ0) is 26.0. The molecule has 3 fully saturated rings. The highest BCUT2D eigenvalue weighted by Gasteiger charge is 2.44. The van der Waals surface area contributed by atoms with Crippen LogP contribution in [0.3, 0.4) is 0 Å². The van der Waals surface area contributed by atoms with Crippen LogP contribution in [0.4, 0.5) is 27.3 Å². The second kappa shape index (κ2) is 10.9. The molecule has 1 atom stereocenters. The Bertz CT molecular complexity index is 1130. The predicted molar refractivity (Wildman–Crippen MR) is 153 cm³/mol. The van der Waals surface area contributed by atoms with Gasteiger partial charge in [-0.15, -0.1) is 11.8 Å². The number of nitrogens with zero attached hydrogens (tertiary/aromatic N) is 3. The molecule has 2 aliphatic heterocycles. The van der Waals surface area contributed by atoms with E-state index in [1.54, 1.807) is 24.9 Å². The van der Waals surface area contributed by atoms with Gasteiger partial charge in [-0.1, -0.05) is 0 Å². The van der Waals surface area contributed by atoms with Gasteiger partial charge in [-0.2, -0.15) is 0 Å². The highest BCUT2D eigenvalue weighted by molar-refractivity contribution is 8.00. The molecule has 3 heterocycles. The van der Waals surface area contributed by atoms with E-state index in [0.717, 1.165) is 42.2 Å². The highest BCUT2D eigenvalue weighted by Crippen LogP contribution is 2.54. The average molecular weight is 546 g/mol. The van der Waals surface area contributed by atoms with E-state index in [2.05, 4.69) is 24.8 Å². The summed E-state index contributed by atoms with van der Waals surface area (Å²) in [5, 5.41) is 12.2. The molecule has 200 valence electrons. The van der Waals surface area contributed by atoms with Crippen LogP contribution >= 0.6 is 23.7 Å². The van der Waals surface area contributed by atoms with Gasteiger partial charge in [-0.3, -0.25) is 4.79 Å². The van der Waals surface area contributed by atoms with E-state index in [1.165, 1.54) is 24.8 Å². The summed E-state index contributed by atoms with van der Waals surface area (Å²) in [5.74, 6) is 1.02. The van der Waals surface area contributed by atoms with Gasteiger partial charge in [0, 0.05) is 54.7 Å². The lowest BCUT2D eigenvalue weighted by Crippen LogP contribution is -2.35. The van der Waals surface area contributed by atoms with Crippen LogP contribution in [0.15, 0.2) is 35.4 Å². The number of alkyl halides is 1. The van der Waals surface area contributed by atoms with Crippen LogP contribution in [-0.4, -0.2) is 66.5 Å². The van der Waals surface area contributed by atoms with Crippen molar-refractivity contribution >= 4 is 52.5 Å². The molecule has 37 heavy (non-hydrogen) atoms. The van der Waals surface area contributed by atoms with E-state index >= 15 is 0 Å². The van der Waals surface area contributed by atoms with E-state index in [-0.39, 0.29) is 12.5 Å². The zero-order valence-electron chi connectivity index (χ0n) is 21.6. The number of piperidine rings is 1. The summed E-state index contributed by atoms with van der Waals surface area (Å²) in [5.41, 5.74) is 2.39. The van der Waals surface area contributed by atoms with Crippen LogP contribution in [0.2, 0.25) is 0 Å². The van der Waals surface area contributed by atoms with Crippen LogP contribution in [0.25, 0.3) is 0 Å². The van der Waals surface area contributed by atoms with Crippen molar-refractivity contribution in [3.63, 3.8) is 0 Å². The Hall–Kier alpha value is -2.17. The van der Waals surface area contributed by atoms with Crippen LogP contribution in [0.1, 0.15) is 49.4 Å². The van der Waals surface area contributed by atoms with E-state index in [0.29, 0.717) is 47.7 Å². The largest absolute Gasteiger partial charge is 0.395 e. The number of nitrogens with one attached hydrogen (secondary N) is 2. The van der Waals surface area contributed by atoms with Crippen molar-refractivity contribution in [3.8, 4) is 0 Å². The molecule has 1 saturated carbocycles. The lowest BCUT2D eigenvalue weighted by Gasteiger charge is -2.35. The number of hydrogen-bond acceptors (Lipinski definition) is 8. The Morgan fingerprint density at radius 3 is 2.51 bits per heavy atom. The van der Waals surface area contributed by atoms with Crippen molar-refractivity contribution in [2.45, 2.75) is 49.6 Å². The van der Waals surface area contributed by atoms with Gasteiger partial charge in [0.15, 0.2) is 0 Å². The molecular formula is C27H36FN5O2S2. The minimum Gasteiger partial charge on any atom is -0.395 e. The normalized spacial score (nSPS) is 22.4. The second-order valence-electron chi connectivity index (χ2n) is 10.7. The molecule has 1 aromatic carbocycles. The molecule has 1 amide bonds. The Kier molecular flexibility index (Phi) is 7.79. The van der Waals surface area contributed by atoms with Gasteiger partial charge in [0.25, 0.3) is 5.91 Å². The summed E-state index contributed by atoms with van der Waals surface area (Å²) < 4.78 is 17.7. The van der Waals surface area contributed by atoms with Gasteiger partial charge in [-0.25, -0.2) is 9.37 Å². The van der Waals surface area contributed by atoms with Gasteiger partial charge in [0.1, 0.15) is 11.5 Å². The lowest BCUT2D eigenvalue weighted by molar-refractivity contribution is 0.102. The Labute approximate surface area is 227 Å². The number of aliphatic hydroxyl groups is 1. The number of carbonyl (C=O) groups is 1. The molecule has 10 heteroatoms. The molecule has 1 unspecified atom stereocenters. The number of aliphatic hydroxyl groups excluding tert-OH is 1. The third-order valence-electron chi connectivity index (χ3n) is 7.82. The molecule has 3 aliphatic rings. The van der Waals surface area contributed by atoms with Crippen molar-refractivity contribution in [2.24, 2.45) is 5.41 Å². The number of aromatic nitrogens is 1. The molecule has 5 rings (SSSR count). The van der Waals surface area contributed by atoms with Gasteiger partial charge < -0.3 is 24.9 Å². The van der Waals surface area contributed by atoms with Gasteiger partial charge in [0.2, 0.25) is 0 Å². The third-order valence-corrected chi connectivity index (χ3v) is 9.34. The predicted octanol–water partition coefficient (Wildman–Crippen LogP) is 5.43. The molecule has 7 nitrogen and oxygen atoms in total. The highest BCUT2D eigenvalue weighted by atomic mass is 32.2. The molecule has 1 aliphatic carbocycles. The fourth-order valence-corrected chi connectivity index (χ4v) is 6.40. The van der Waals surface area contributed by atoms with Crippen LogP contribution in [0, 0.1) is 5.41 Å². The van der Waals surface area contributed by atoms with Crippen LogP contribution < -0.4 is 19.8 Å². The monoisotopic (exact) mass is 545 g/mol. The van der Waals surface area contributed by atoms with E-state index < -0.39 is 5.67 Å². The summed E-state index contributed by atoms with van der Waals surface area (Å²) in [4.78, 5) is 23.5. The summed E-state index contributed by atoms with van der Waals surface area (Å²) in [6.07, 6.45) is 9.10. The number of pyridine rings is 1. The molecule has 1 aromatic heterocycles. The molecule has 2 saturated heterocycles. The molecular weight excluding hydrogens is 509 g/mol. The number of carbonyl (C=O) groups excluding carboxylic acids is 1. The average Bonchev–Trinajstić information content (AvgIpc) is 3.55. The smallest absolute Gasteiger partial charge is 0.259 e. The number of thioether (sulfide) groups is 1. The Morgan fingerprint density at radius 1 is 1.11 bits per heavy atom. The number of rotatable bonds is 9. The van der Waals surface area contributed by atoms with Gasteiger partial charge in [0.05, 0.1) is 30.1 Å². The second-order valence-corrected chi connectivity index (χ2v) is 12.4. The summed E-state index contributed by atoms with van der Waals surface area (Å²) in [7, 11) is 0. The fourth-order valence-electron chi connectivity index (χ4n) is 5.35. The van der Waals surface area contributed by atoms with Crippen molar-refractivity contribution in [2.75, 3.05) is 64.6 Å². The minimum atomic E-state index is -1.20. The zero-order valence-corrected chi connectivity index (χ0v) is 23.2. The minimum absolute atomic E-state index is 0.0819. The Balaban J connectivity index is 1.37. The maximum absolute atomic E-state index is 14.6. The van der Waals surface area contributed by atoms with Crippen LogP contribution in [0.5, 0.6) is 0 Å². The first kappa shape index (κ1) is 26.4. The van der Waals surface area contributed by atoms with Crippen LogP contribution in [-0.2, 0) is 0 Å². The third kappa shape index (κ3) is 6.12. The number of benzene rings is 1. The SMILES string of the molecule is CSc1ccc(NC(=O)c2cnc(NSCCO)cc2N2CCC3(CC2)CC3)cc1N1CCC(C)(F)C1. The van der Waals surface area contributed by atoms with Crippen molar-refractivity contribution in [3.05, 3.63) is 36.0 Å². The Morgan fingerprint density at radius 2 is 1.86 bits per heavy atom. The van der Waals surface area contributed by atoms with E-state index in [9.17, 15) is 9.18 Å². The first-order valence-electron chi connectivity index (χ1n) is 13.0. The van der Waals surface area contributed by atoms with Crippen molar-refractivity contribution < 1.29 is 14.3 Å². The first-order chi connectivity index (χ1) is 17.8. The number of amides is 1. The fraction of sp³-hybridized carbons (Fsp3) is 0.556. The van der Waals surface area contributed by atoms with E-state index in [1.807, 2.05) is 30.5 Å². The van der Waals surface area contributed by atoms with Crippen molar-refractivity contribution in [1.82, 2.24) is 4.98 Å². The number of hydrogen-bond donors (Lipinski definition) is 3.